The third-order valence-corrected chi connectivity index (χ3v) is 7.39. The van der Waals surface area contributed by atoms with E-state index in [1.165, 1.54) is 25.7 Å². The van der Waals surface area contributed by atoms with E-state index < -0.39 is 0 Å². The molecule has 10 nitrogen and oxygen atoms in total. The minimum Gasteiger partial charge on any atom is -0.354 e. The van der Waals surface area contributed by atoms with Crippen molar-refractivity contribution in [1.29, 1.82) is 0 Å². The van der Waals surface area contributed by atoms with Gasteiger partial charge < -0.3 is 30.7 Å². The van der Waals surface area contributed by atoms with E-state index in [4.69, 9.17) is 25.7 Å². The number of hydrogen-bond acceptors (Lipinski definition) is 9. The van der Waals surface area contributed by atoms with Crippen LogP contribution in [0.1, 0.15) is 57.4 Å². The second kappa shape index (κ2) is 11.8. The Morgan fingerprint density at radius 2 is 1.78 bits per heavy atom. The minimum atomic E-state index is 0.464. The first kappa shape index (κ1) is 24.7. The summed E-state index contributed by atoms with van der Waals surface area (Å²) in [6.45, 7) is 5.73. The number of nitrogens with zero attached hydrogens (tertiary/aromatic N) is 7. The summed E-state index contributed by atoms with van der Waals surface area (Å²) < 4.78 is 2.25. The highest BCUT2D eigenvalue weighted by molar-refractivity contribution is 5.86. The third kappa shape index (κ3) is 5.87. The zero-order chi connectivity index (χ0) is 24.7. The van der Waals surface area contributed by atoms with E-state index in [1.54, 1.807) is 0 Å². The Morgan fingerprint density at radius 1 is 0.972 bits per heavy atom. The van der Waals surface area contributed by atoms with Crippen LogP contribution >= 0.6 is 0 Å². The van der Waals surface area contributed by atoms with Crippen LogP contribution in [-0.4, -0.2) is 75.7 Å². The minimum absolute atomic E-state index is 0.464. The molecule has 4 N–H and O–H groups in total. The SMILES string of the molecule is CN1CCN(c2ccc(Nc3nc(NCCCCCCN)nc4c3ncn4C3CCCC3)cn2)CC1. The summed E-state index contributed by atoms with van der Waals surface area (Å²) in [5.41, 5.74) is 8.21. The Bertz CT molecular complexity index is 1100. The molecule has 0 atom stereocenters. The van der Waals surface area contributed by atoms with Gasteiger partial charge in [-0.3, -0.25) is 0 Å². The van der Waals surface area contributed by atoms with Crippen LogP contribution in [0.3, 0.4) is 0 Å². The van der Waals surface area contributed by atoms with Crippen molar-refractivity contribution in [2.24, 2.45) is 5.73 Å². The van der Waals surface area contributed by atoms with Crippen molar-refractivity contribution in [3.63, 3.8) is 0 Å². The number of pyridine rings is 1. The van der Waals surface area contributed by atoms with Gasteiger partial charge in [0.2, 0.25) is 5.95 Å². The van der Waals surface area contributed by atoms with Gasteiger partial charge in [0.1, 0.15) is 5.82 Å². The summed E-state index contributed by atoms with van der Waals surface area (Å²) in [5.74, 6) is 2.38. The molecule has 2 aliphatic rings. The van der Waals surface area contributed by atoms with Crippen molar-refractivity contribution < 1.29 is 0 Å². The average Bonchev–Trinajstić information content (AvgIpc) is 3.57. The second-order valence-corrected chi connectivity index (χ2v) is 10.1. The maximum Gasteiger partial charge on any atom is 0.226 e. The highest BCUT2D eigenvalue weighted by Crippen LogP contribution is 2.33. The van der Waals surface area contributed by atoms with Gasteiger partial charge in [-0.05, 0) is 51.4 Å². The quantitative estimate of drug-likeness (QED) is 0.344. The molecule has 1 saturated carbocycles. The van der Waals surface area contributed by atoms with E-state index in [9.17, 15) is 0 Å². The summed E-state index contributed by atoms with van der Waals surface area (Å²) in [6, 6.07) is 4.63. The molecule has 1 aliphatic heterocycles. The highest BCUT2D eigenvalue weighted by atomic mass is 15.3. The maximum absolute atomic E-state index is 5.61. The van der Waals surface area contributed by atoms with E-state index in [-0.39, 0.29) is 0 Å². The molecule has 0 radical (unpaired) electrons. The van der Waals surface area contributed by atoms with Gasteiger partial charge in [-0.1, -0.05) is 25.7 Å². The van der Waals surface area contributed by atoms with E-state index >= 15 is 0 Å². The van der Waals surface area contributed by atoms with Gasteiger partial charge in [0.25, 0.3) is 0 Å². The molecule has 0 bridgehead atoms. The van der Waals surface area contributed by atoms with Gasteiger partial charge >= 0.3 is 0 Å². The van der Waals surface area contributed by atoms with Crippen molar-refractivity contribution in [3.8, 4) is 0 Å². The topological polar surface area (TPSA) is 113 Å². The number of rotatable bonds is 11. The summed E-state index contributed by atoms with van der Waals surface area (Å²) in [7, 11) is 2.17. The molecule has 5 rings (SSSR count). The molecule has 3 aromatic heterocycles. The molecule has 0 spiro atoms. The normalized spacial score (nSPS) is 17.2. The van der Waals surface area contributed by atoms with Crippen LogP contribution in [0.4, 0.5) is 23.3 Å². The number of piperazine rings is 1. The summed E-state index contributed by atoms with van der Waals surface area (Å²) in [6.07, 6.45) is 13.2. The Morgan fingerprint density at radius 3 is 2.53 bits per heavy atom. The van der Waals surface area contributed by atoms with E-state index in [0.717, 1.165) is 93.4 Å². The first-order valence-electron chi connectivity index (χ1n) is 13.6. The summed E-state index contributed by atoms with van der Waals surface area (Å²) >= 11 is 0. The van der Waals surface area contributed by atoms with Crippen LogP contribution in [0.25, 0.3) is 11.2 Å². The molecule has 3 aromatic rings. The summed E-state index contributed by atoms with van der Waals surface area (Å²) in [4.78, 5) is 23.9. The van der Waals surface area contributed by atoms with E-state index in [2.05, 4.69) is 44.2 Å². The lowest BCUT2D eigenvalue weighted by Crippen LogP contribution is -2.44. The number of fused-ring (bicyclic) bond motifs is 1. The first-order valence-corrected chi connectivity index (χ1v) is 13.6. The predicted molar refractivity (Wildman–Crippen MR) is 146 cm³/mol. The Hall–Kier alpha value is -2.98. The van der Waals surface area contributed by atoms with E-state index in [0.29, 0.717) is 12.0 Å². The van der Waals surface area contributed by atoms with Gasteiger partial charge in [0.05, 0.1) is 18.2 Å². The fourth-order valence-corrected chi connectivity index (χ4v) is 5.17. The van der Waals surface area contributed by atoms with Crippen LogP contribution in [0.5, 0.6) is 0 Å². The monoisotopic (exact) mass is 492 g/mol. The lowest BCUT2D eigenvalue weighted by Gasteiger charge is -2.33. The smallest absolute Gasteiger partial charge is 0.226 e. The van der Waals surface area contributed by atoms with Gasteiger partial charge in [-0.25, -0.2) is 9.97 Å². The predicted octanol–water partition coefficient (Wildman–Crippen LogP) is 3.76. The first-order chi connectivity index (χ1) is 17.7. The molecule has 1 aliphatic carbocycles. The Labute approximate surface area is 213 Å². The number of likely N-dealkylation sites (N-methyl/N-ethyl adjacent to an activating group) is 1. The third-order valence-electron chi connectivity index (χ3n) is 7.39. The van der Waals surface area contributed by atoms with Gasteiger partial charge in [-0.15, -0.1) is 0 Å². The molecule has 4 heterocycles. The van der Waals surface area contributed by atoms with Crippen LogP contribution in [-0.2, 0) is 0 Å². The fraction of sp³-hybridized carbons (Fsp3) is 0.615. The summed E-state index contributed by atoms with van der Waals surface area (Å²) in [5, 5.41) is 6.92. The van der Waals surface area contributed by atoms with E-state index in [1.807, 2.05) is 12.5 Å². The molecule has 0 aromatic carbocycles. The number of nitrogens with one attached hydrogen (secondary N) is 2. The number of imidazole rings is 1. The zero-order valence-electron chi connectivity index (χ0n) is 21.5. The van der Waals surface area contributed by atoms with Crippen LogP contribution in [0, 0.1) is 0 Å². The van der Waals surface area contributed by atoms with Crippen molar-refractivity contribution in [2.75, 3.05) is 61.8 Å². The van der Waals surface area contributed by atoms with Gasteiger partial charge in [-0.2, -0.15) is 9.97 Å². The van der Waals surface area contributed by atoms with Gasteiger partial charge in [0, 0.05) is 38.8 Å². The molecule has 36 heavy (non-hydrogen) atoms. The second-order valence-electron chi connectivity index (χ2n) is 10.1. The average molecular weight is 493 g/mol. The number of hydrogen-bond donors (Lipinski definition) is 3. The largest absolute Gasteiger partial charge is 0.354 e. The van der Waals surface area contributed by atoms with Crippen LogP contribution in [0.2, 0.25) is 0 Å². The number of anilines is 4. The molecular weight excluding hydrogens is 452 g/mol. The number of unbranched alkanes of at least 4 members (excludes halogenated alkanes) is 3. The zero-order valence-corrected chi connectivity index (χ0v) is 21.5. The number of nitrogens with two attached hydrogens (primary N) is 1. The molecule has 1 saturated heterocycles. The lowest BCUT2D eigenvalue weighted by molar-refractivity contribution is 0.312. The molecule has 194 valence electrons. The molecule has 0 amide bonds. The Balaban J connectivity index is 1.34. The Kier molecular flexibility index (Phi) is 8.12. The van der Waals surface area contributed by atoms with Crippen LogP contribution < -0.4 is 21.3 Å². The van der Waals surface area contributed by atoms with Crippen molar-refractivity contribution in [2.45, 2.75) is 57.4 Å². The number of aromatic nitrogens is 5. The van der Waals surface area contributed by atoms with Crippen LogP contribution in [0.15, 0.2) is 24.7 Å². The molecule has 10 heteroatoms. The van der Waals surface area contributed by atoms with Crippen molar-refractivity contribution in [3.05, 3.63) is 24.7 Å². The highest BCUT2D eigenvalue weighted by Gasteiger charge is 2.22. The fourth-order valence-electron chi connectivity index (χ4n) is 5.17. The van der Waals surface area contributed by atoms with Crippen molar-refractivity contribution >= 4 is 34.4 Å². The molecule has 2 fully saturated rings. The standard InChI is InChI=1S/C26H40N10/c1-34-14-16-35(17-15-34)22-11-10-20(18-29-22)31-24-23-25(36(19-30-23)21-8-4-5-9-21)33-26(32-24)28-13-7-3-2-6-12-27/h10-11,18-19,21H,2-9,12-17,27H2,1H3,(H2,28,31,32,33). The lowest BCUT2D eigenvalue weighted by atomic mass is 10.2. The molecular formula is C26H40N10. The molecule has 0 unspecified atom stereocenters. The van der Waals surface area contributed by atoms with Gasteiger partial charge in [0.15, 0.2) is 17.0 Å². The van der Waals surface area contributed by atoms with Crippen molar-refractivity contribution in [1.82, 2.24) is 29.4 Å². The maximum atomic E-state index is 5.61.